The van der Waals surface area contributed by atoms with Gasteiger partial charge in [0.25, 0.3) is 0 Å². The molecule has 0 radical (unpaired) electrons. The summed E-state index contributed by atoms with van der Waals surface area (Å²) >= 11 is 0. The van der Waals surface area contributed by atoms with Gasteiger partial charge in [0.15, 0.2) is 0 Å². The molecule has 1 aliphatic carbocycles. The zero-order valence-corrected chi connectivity index (χ0v) is 13.4. The lowest BCUT2D eigenvalue weighted by Gasteiger charge is -2.07. The number of hydrogen-bond acceptors (Lipinski definition) is 1. The number of benzene rings is 2. The van der Waals surface area contributed by atoms with E-state index in [4.69, 9.17) is 0 Å². The molecule has 1 aliphatic rings. The van der Waals surface area contributed by atoms with Gasteiger partial charge in [0.05, 0.1) is 0 Å². The summed E-state index contributed by atoms with van der Waals surface area (Å²) in [5.74, 6) is -0.0695. The third-order valence-electron chi connectivity index (χ3n) is 4.16. The monoisotopic (exact) mass is 312 g/mol. The molecule has 2 aromatic carbocycles. The minimum absolute atomic E-state index is 0.164. The lowest BCUT2D eigenvalue weighted by Crippen LogP contribution is -1.90. The molecule has 0 aliphatic heterocycles. The Labute approximate surface area is 132 Å². The van der Waals surface area contributed by atoms with Gasteiger partial charge in [-0.15, -0.1) is 0 Å². The Morgan fingerprint density at radius 3 is 2.45 bits per heavy atom. The molecule has 2 atom stereocenters. The van der Waals surface area contributed by atoms with Crippen molar-refractivity contribution in [1.29, 1.82) is 0 Å². The highest BCUT2D eigenvalue weighted by Crippen LogP contribution is 2.45. The Balaban J connectivity index is 2.05. The molecule has 0 saturated heterocycles. The third kappa shape index (κ3) is 2.57. The van der Waals surface area contributed by atoms with E-state index in [2.05, 4.69) is 19.6 Å². The number of halogens is 1. The molecule has 0 amide bonds. The second-order valence-electron chi connectivity index (χ2n) is 5.56. The van der Waals surface area contributed by atoms with Gasteiger partial charge in [0.1, 0.15) is 5.82 Å². The van der Waals surface area contributed by atoms with Crippen LogP contribution in [0.3, 0.4) is 0 Å². The highest BCUT2D eigenvalue weighted by atomic mass is 32.2. The number of rotatable bonds is 2. The van der Waals surface area contributed by atoms with Crippen LogP contribution in [0.1, 0.15) is 23.6 Å². The van der Waals surface area contributed by atoms with Gasteiger partial charge in [-0.2, -0.15) is 0 Å². The van der Waals surface area contributed by atoms with Gasteiger partial charge in [-0.05, 0) is 52.1 Å². The van der Waals surface area contributed by atoms with Crippen LogP contribution in [0.5, 0.6) is 0 Å². The van der Waals surface area contributed by atoms with E-state index in [1.165, 1.54) is 6.07 Å². The zero-order valence-electron chi connectivity index (χ0n) is 12.6. The van der Waals surface area contributed by atoms with E-state index in [0.29, 0.717) is 0 Å². The first kappa shape index (κ1) is 14.9. The maximum Gasteiger partial charge on any atom is 0.123 e. The van der Waals surface area contributed by atoms with E-state index in [-0.39, 0.29) is 11.7 Å². The maximum absolute atomic E-state index is 13.4. The van der Waals surface area contributed by atoms with Crippen molar-refractivity contribution in [3.63, 3.8) is 0 Å². The Hall–Kier alpha value is -2.00. The van der Waals surface area contributed by atoms with Crippen LogP contribution in [-0.2, 0) is 10.8 Å². The van der Waals surface area contributed by atoms with E-state index in [1.54, 1.807) is 12.3 Å². The van der Waals surface area contributed by atoms with Crippen molar-refractivity contribution in [2.24, 2.45) is 5.92 Å². The average Bonchev–Trinajstić information content (AvgIpc) is 2.73. The Bertz CT molecular complexity index is 803. The molecule has 0 saturated carbocycles. The van der Waals surface area contributed by atoms with Gasteiger partial charge in [0, 0.05) is 27.9 Å². The normalized spacial score (nSPS) is 20.2. The van der Waals surface area contributed by atoms with Gasteiger partial charge >= 0.3 is 0 Å². The predicted octanol–water partition coefficient (Wildman–Crippen LogP) is 4.77. The summed E-state index contributed by atoms with van der Waals surface area (Å²) < 4.78 is 24.9. The molecule has 3 heteroatoms. The molecule has 0 bridgehead atoms. The quantitative estimate of drug-likeness (QED) is 0.781. The molecule has 2 unspecified atom stereocenters. The lowest BCUT2D eigenvalue weighted by molar-refractivity contribution is 0.627. The molecule has 2 aromatic rings. The molecule has 3 rings (SSSR count). The minimum atomic E-state index is -0.969. The van der Waals surface area contributed by atoms with Gasteiger partial charge < -0.3 is 0 Å². The average molecular weight is 312 g/mol. The van der Waals surface area contributed by atoms with Crippen LogP contribution in [0.4, 0.5) is 4.39 Å². The van der Waals surface area contributed by atoms with E-state index >= 15 is 0 Å². The van der Waals surface area contributed by atoms with Gasteiger partial charge in [-0.3, -0.25) is 4.21 Å². The van der Waals surface area contributed by atoms with Crippen LogP contribution in [-0.4, -0.2) is 10.5 Å². The molecule has 0 spiro atoms. The van der Waals surface area contributed by atoms with Crippen LogP contribution in [0.2, 0.25) is 0 Å². The van der Waals surface area contributed by atoms with E-state index < -0.39 is 10.8 Å². The molecular formula is C19H17FOS. The highest BCUT2D eigenvalue weighted by Gasteiger charge is 2.27. The summed E-state index contributed by atoms with van der Waals surface area (Å²) in [6.45, 7) is 6.18. The summed E-state index contributed by atoms with van der Waals surface area (Å²) in [4.78, 5) is 0.813. The first-order valence-electron chi connectivity index (χ1n) is 7.11. The summed E-state index contributed by atoms with van der Waals surface area (Å²) in [5, 5.41) is 0. The molecular weight excluding hydrogens is 295 g/mol. The molecule has 0 aromatic heterocycles. The summed E-state index contributed by atoms with van der Waals surface area (Å²) in [6, 6.07) is 12.5. The van der Waals surface area contributed by atoms with Crippen molar-refractivity contribution in [1.82, 2.24) is 0 Å². The van der Waals surface area contributed by atoms with E-state index in [9.17, 15) is 8.60 Å². The first-order chi connectivity index (χ1) is 10.5. The zero-order chi connectivity index (χ0) is 15.9. The topological polar surface area (TPSA) is 17.1 Å². The van der Waals surface area contributed by atoms with Gasteiger partial charge in [-0.1, -0.05) is 37.8 Å². The predicted molar refractivity (Wildman–Crippen MR) is 91.2 cm³/mol. The molecule has 1 nitrogen and oxygen atoms in total. The Morgan fingerprint density at radius 2 is 1.82 bits per heavy atom. The first-order valence-corrected chi connectivity index (χ1v) is 8.67. The van der Waals surface area contributed by atoms with Crippen LogP contribution >= 0.6 is 0 Å². The fraction of sp³-hybridized carbons (Fsp3) is 0.158. The number of hydrogen-bond donors (Lipinski definition) is 0. The minimum Gasteiger partial charge on any atom is -0.255 e. The van der Waals surface area contributed by atoms with Crippen LogP contribution in [0.15, 0.2) is 53.9 Å². The van der Waals surface area contributed by atoms with Crippen LogP contribution < -0.4 is 0 Å². The SMILES string of the molecule is C=C1c2cc(F)ccc2/C(=C/c2ccc(S(C)=O)cc2)C1C. The highest BCUT2D eigenvalue weighted by molar-refractivity contribution is 7.84. The Kier molecular flexibility index (Phi) is 3.83. The van der Waals surface area contributed by atoms with Crippen molar-refractivity contribution in [3.05, 3.63) is 71.6 Å². The van der Waals surface area contributed by atoms with E-state index in [0.717, 1.165) is 32.7 Å². The molecule has 0 fully saturated rings. The largest absolute Gasteiger partial charge is 0.255 e. The van der Waals surface area contributed by atoms with Crippen molar-refractivity contribution in [2.45, 2.75) is 11.8 Å². The molecule has 0 heterocycles. The van der Waals surface area contributed by atoms with Crippen molar-refractivity contribution < 1.29 is 8.60 Å². The summed E-state index contributed by atoms with van der Waals surface area (Å²) in [6.07, 6.45) is 3.77. The summed E-state index contributed by atoms with van der Waals surface area (Å²) in [5.41, 5.74) is 5.07. The number of fused-ring (bicyclic) bond motifs is 1. The molecule has 112 valence electrons. The third-order valence-corrected chi connectivity index (χ3v) is 5.10. The fourth-order valence-electron chi connectivity index (χ4n) is 2.83. The second kappa shape index (κ2) is 5.65. The Morgan fingerprint density at radius 1 is 1.14 bits per heavy atom. The van der Waals surface area contributed by atoms with Crippen molar-refractivity contribution in [2.75, 3.05) is 6.26 Å². The van der Waals surface area contributed by atoms with Gasteiger partial charge in [-0.25, -0.2) is 4.39 Å². The lowest BCUT2D eigenvalue weighted by atomic mass is 9.97. The summed E-state index contributed by atoms with van der Waals surface area (Å²) in [7, 11) is -0.969. The van der Waals surface area contributed by atoms with E-state index in [1.807, 2.05) is 30.3 Å². The molecule has 0 N–H and O–H groups in total. The standard InChI is InChI=1S/C19H17FOS/c1-12-13(2)19-11-15(20)6-9-17(19)18(12)10-14-4-7-16(8-5-14)22(3)21/h4-12H,2H2,1,3H3/b18-10+. The van der Waals surface area contributed by atoms with Gasteiger partial charge in [0.2, 0.25) is 0 Å². The number of allylic oxidation sites excluding steroid dienone is 2. The maximum atomic E-state index is 13.4. The second-order valence-corrected chi connectivity index (χ2v) is 6.94. The smallest absolute Gasteiger partial charge is 0.123 e. The fourth-order valence-corrected chi connectivity index (χ4v) is 3.35. The van der Waals surface area contributed by atoms with Crippen LogP contribution in [0.25, 0.3) is 17.2 Å². The van der Waals surface area contributed by atoms with Crippen molar-refractivity contribution in [3.8, 4) is 0 Å². The van der Waals surface area contributed by atoms with Crippen molar-refractivity contribution >= 4 is 28.0 Å². The van der Waals surface area contributed by atoms with Crippen LogP contribution in [0, 0.1) is 11.7 Å². The molecule has 22 heavy (non-hydrogen) atoms.